The first-order valence-corrected chi connectivity index (χ1v) is 7.90. The molecule has 5 heteroatoms. The van der Waals surface area contributed by atoms with E-state index in [9.17, 15) is 0 Å². The molecule has 1 aliphatic rings. The standard InChI is InChI=1S/C15H20N4S/c1-12-13(2)20-11-14(12)10-18-6-8-19(9-7-18)15-16-4-3-5-17-15/h3-5,11H,6-10H2,1-2H3. The summed E-state index contributed by atoms with van der Waals surface area (Å²) >= 11 is 1.86. The van der Waals surface area contributed by atoms with Crippen molar-refractivity contribution in [1.82, 2.24) is 14.9 Å². The molecule has 0 atom stereocenters. The predicted molar refractivity (Wildman–Crippen MR) is 83.3 cm³/mol. The zero-order valence-electron chi connectivity index (χ0n) is 12.0. The minimum atomic E-state index is 0.856. The zero-order valence-corrected chi connectivity index (χ0v) is 12.9. The minimum Gasteiger partial charge on any atom is -0.338 e. The monoisotopic (exact) mass is 288 g/mol. The summed E-state index contributed by atoms with van der Waals surface area (Å²) in [6, 6.07) is 1.86. The van der Waals surface area contributed by atoms with Gasteiger partial charge in [-0.3, -0.25) is 4.90 Å². The van der Waals surface area contributed by atoms with Crippen molar-refractivity contribution >= 4 is 17.3 Å². The van der Waals surface area contributed by atoms with Gasteiger partial charge in [-0.25, -0.2) is 9.97 Å². The first-order valence-electron chi connectivity index (χ1n) is 7.02. The Balaban J connectivity index is 1.58. The summed E-state index contributed by atoms with van der Waals surface area (Å²) in [5.41, 5.74) is 2.95. The maximum atomic E-state index is 4.33. The number of aryl methyl sites for hydroxylation is 1. The average molecular weight is 288 g/mol. The molecule has 3 heterocycles. The second-order valence-corrected chi connectivity index (χ2v) is 6.34. The second kappa shape index (κ2) is 5.89. The zero-order chi connectivity index (χ0) is 13.9. The lowest BCUT2D eigenvalue weighted by Crippen LogP contribution is -2.46. The number of anilines is 1. The van der Waals surface area contributed by atoms with E-state index in [4.69, 9.17) is 0 Å². The number of aromatic nitrogens is 2. The van der Waals surface area contributed by atoms with Crippen LogP contribution in [0.3, 0.4) is 0 Å². The highest BCUT2D eigenvalue weighted by Gasteiger charge is 2.19. The second-order valence-electron chi connectivity index (χ2n) is 5.25. The van der Waals surface area contributed by atoms with Gasteiger partial charge >= 0.3 is 0 Å². The fourth-order valence-corrected chi connectivity index (χ4v) is 3.40. The van der Waals surface area contributed by atoms with E-state index in [2.05, 4.69) is 39.0 Å². The van der Waals surface area contributed by atoms with Gasteiger partial charge in [-0.05, 0) is 36.4 Å². The van der Waals surface area contributed by atoms with Gasteiger partial charge in [-0.2, -0.15) is 0 Å². The molecule has 1 saturated heterocycles. The third kappa shape index (κ3) is 2.83. The first kappa shape index (κ1) is 13.5. The molecule has 1 fully saturated rings. The number of thiophene rings is 1. The highest BCUT2D eigenvalue weighted by atomic mass is 32.1. The van der Waals surface area contributed by atoms with E-state index in [1.165, 1.54) is 16.0 Å². The first-order chi connectivity index (χ1) is 9.74. The SMILES string of the molecule is Cc1scc(CN2CCN(c3ncccn3)CC2)c1C. The highest BCUT2D eigenvalue weighted by Crippen LogP contribution is 2.22. The fraction of sp³-hybridized carbons (Fsp3) is 0.467. The Kier molecular flexibility index (Phi) is 3.98. The van der Waals surface area contributed by atoms with E-state index in [0.29, 0.717) is 0 Å². The van der Waals surface area contributed by atoms with Crippen LogP contribution in [0.2, 0.25) is 0 Å². The van der Waals surface area contributed by atoms with Crippen molar-refractivity contribution in [3.05, 3.63) is 39.8 Å². The van der Waals surface area contributed by atoms with Gasteiger partial charge in [-0.15, -0.1) is 11.3 Å². The molecule has 3 rings (SSSR count). The molecule has 106 valence electrons. The molecule has 1 aliphatic heterocycles. The Morgan fingerprint density at radius 3 is 2.40 bits per heavy atom. The Morgan fingerprint density at radius 2 is 1.80 bits per heavy atom. The third-order valence-corrected chi connectivity index (χ3v) is 5.05. The quantitative estimate of drug-likeness (QED) is 0.868. The maximum absolute atomic E-state index is 4.33. The van der Waals surface area contributed by atoms with E-state index in [1.54, 1.807) is 0 Å². The van der Waals surface area contributed by atoms with Gasteiger partial charge in [0, 0.05) is 50.0 Å². The molecule has 0 spiro atoms. The molecule has 4 nitrogen and oxygen atoms in total. The summed E-state index contributed by atoms with van der Waals surface area (Å²) in [7, 11) is 0. The van der Waals surface area contributed by atoms with Crippen molar-refractivity contribution in [3.63, 3.8) is 0 Å². The van der Waals surface area contributed by atoms with E-state index >= 15 is 0 Å². The van der Waals surface area contributed by atoms with Crippen molar-refractivity contribution in [3.8, 4) is 0 Å². The molecule has 0 amide bonds. The van der Waals surface area contributed by atoms with Crippen LogP contribution in [0.15, 0.2) is 23.8 Å². The topological polar surface area (TPSA) is 32.3 Å². The van der Waals surface area contributed by atoms with Gasteiger partial charge in [0.1, 0.15) is 0 Å². The summed E-state index contributed by atoms with van der Waals surface area (Å²) in [6.45, 7) is 9.67. The predicted octanol–water partition coefficient (Wildman–Crippen LogP) is 2.48. The van der Waals surface area contributed by atoms with Gasteiger partial charge in [0.25, 0.3) is 0 Å². The van der Waals surface area contributed by atoms with Crippen molar-refractivity contribution < 1.29 is 0 Å². The average Bonchev–Trinajstić information content (AvgIpc) is 2.81. The smallest absolute Gasteiger partial charge is 0.225 e. The fourth-order valence-electron chi connectivity index (χ4n) is 2.52. The lowest BCUT2D eigenvalue weighted by molar-refractivity contribution is 0.248. The van der Waals surface area contributed by atoms with Gasteiger partial charge in [0.15, 0.2) is 0 Å². The molecule has 0 aliphatic carbocycles. The van der Waals surface area contributed by atoms with Crippen LogP contribution in [-0.2, 0) is 6.54 Å². The molecule has 20 heavy (non-hydrogen) atoms. The van der Waals surface area contributed by atoms with Crippen LogP contribution in [0, 0.1) is 13.8 Å². The van der Waals surface area contributed by atoms with Gasteiger partial charge in [-0.1, -0.05) is 0 Å². The van der Waals surface area contributed by atoms with Crippen LogP contribution in [0.1, 0.15) is 16.0 Å². The van der Waals surface area contributed by atoms with Crippen molar-refractivity contribution in [2.75, 3.05) is 31.1 Å². The third-order valence-electron chi connectivity index (χ3n) is 3.99. The minimum absolute atomic E-state index is 0.856. The van der Waals surface area contributed by atoms with Gasteiger partial charge in [0.05, 0.1) is 0 Å². The number of piperazine rings is 1. The maximum Gasteiger partial charge on any atom is 0.225 e. The molecule has 0 bridgehead atoms. The summed E-state index contributed by atoms with van der Waals surface area (Å²) < 4.78 is 0. The molecule has 0 N–H and O–H groups in total. The molecule has 0 radical (unpaired) electrons. The van der Waals surface area contributed by atoms with Crippen LogP contribution in [-0.4, -0.2) is 41.0 Å². The molecular formula is C15H20N4S. The van der Waals surface area contributed by atoms with Crippen molar-refractivity contribution in [2.45, 2.75) is 20.4 Å². The molecule has 2 aromatic rings. The molecular weight excluding hydrogens is 268 g/mol. The van der Waals surface area contributed by atoms with E-state index in [-0.39, 0.29) is 0 Å². The summed E-state index contributed by atoms with van der Waals surface area (Å²) in [5.74, 6) is 0.856. The summed E-state index contributed by atoms with van der Waals surface area (Å²) in [4.78, 5) is 14.9. The van der Waals surface area contributed by atoms with E-state index < -0.39 is 0 Å². The van der Waals surface area contributed by atoms with Gasteiger partial charge < -0.3 is 4.90 Å². The highest BCUT2D eigenvalue weighted by molar-refractivity contribution is 7.10. The van der Waals surface area contributed by atoms with Crippen LogP contribution < -0.4 is 4.90 Å². The number of nitrogens with zero attached hydrogens (tertiary/aromatic N) is 4. The number of hydrogen-bond donors (Lipinski definition) is 0. The van der Waals surface area contributed by atoms with Crippen LogP contribution in [0.4, 0.5) is 5.95 Å². The van der Waals surface area contributed by atoms with E-state index in [1.807, 2.05) is 29.8 Å². The lowest BCUT2D eigenvalue weighted by atomic mass is 10.1. The lowest BCUT2D eigenvalue weighted by Gasteiger charge is -2.34. The van der Waals surface area contributed by atoms with Crippen LogP contribution >= 0.6 is 11.3 Å². The molecule has 0 aromatic carbocycles. The van der Waals surface area contributed by atoms with E-state index in [0.717, 1.165) is 38.7 Å². The number of rotatable bonds is 3. The Hall–Kier alpha value is -1.46. The molecule has 0 unspecified atom stereocenters. The normalized spacial score (nSPS) is 16.6. The van der Waals surface area contributed by atoms with Crippen molar-refractivity contribution in [2.24, 2.45) is 0 Å². The molecule has 2 aromatic heterocycles. The van der Waals surface area contributed by atoms with Crippen molar-refractivity contribution in [1.29, 1.82) is 0 Å². The summed E-state index contributed by atoms with van der Waals surface area (Å²) in [6.07, 6.45) is 3.62. The number of hydrogen-bond acceptors (Lipinski definition) is 5. The summed E-state index contributed by atoms with van der Waals surface area (Å²) in [5, 5.41) is 2.30. The van der Waals surface area contributed by atoms with Crippen LogP contribution in [0.5, 0.6) is 0 Å². The van der Waals surface area contributed by atoms with Gasteiger partial charge in [0.2, 0.25) is 5.95 Å². The Labute approximate surface area is 124 Å². The molecule has 0 saturated carbocycles. The largest absolute Gasteiger partial charge is 0.338 e. The van der Waals surface area contributed by atoms with Crippen LogP contribution in [0.25, 0.3) is 0 Å². The Bertz CT molecular complexity index is 559. The Morgan fingerprint density at radius 1 is 1.10 bits per heavy atom.